The molecule has 3 rings (SSSR count). The van der Waals surface area contributed by atoms with Crippen LogP contribution in [0.15, 0.2) is 40.9 Å². The summed E-state index contributed by atoms with van der Waals surface area (Å²) in [5, 5.41) is 6.93. The number of alkyl halides is 2. The van der Waals surface area contributed by atoms with E-state index in [2.05, 4.69) is 20.2 Å². The molecule has 2 N–H and O–H groups in total. The SMILES string of the molecule is Nc1ncc(-c2nnc(C(F)F)o2)c(Cc2ccccc2)n1. The number of nitrogens with zero attached hydrogens (tertiary/aromatic N) is 4. The van der Waals surface area contributed by atoms with Crippen LogP contribution in [0.2, 0.25) is 0 Å². The van der Waals surface area contributed by atoms with E-state index >= 15 is 0 Å². The van der Waals surface area contributed by atoms with Crippen molar-refractivity contribution in [3.63, 3.8) is 0 Å². The van der Waals surface area contributed by atoms with E-state index in [4.69, 9.17) is 10.2 Å². The molecule has 3 aromatic rings. The summed E-state index contributed by atoms with van der Waals surface area (Å²) in [5.74, 6) is -0.706. The van der Waals surface area contributed by atoms with Gasteiger partial charge >= 0.3 is 6.43 Å². The van der Waals surface area contributed by atoms with Gasteiger partial charge in [-0.2, -0.15) is 8.78 Å². The quantitative estimate of drug-likeness (QED) is 0.796. The van der Waals surface area contributed by atoms with E-state index < -0.39 is 12.3 Å². The highest BCUT2D eigenvalue weighted by Gasteiger charge is 2.20. The van der Waals surface area contributed by atoms with Crippen LogP contribution in [0.4, 0.5) is 14.7 Å². The maximum atomic E-state index is 12.6. The predicted molar refractivity (Wildman–Crippen MR) is 73.9 cm³/mol. The molecule has 0 aliphatic rings. The van der Waals surface area contributed by atoms with Crippen molar-refractivity contribution in [3.8, 4) is 11.5 Å². The normalized spacial score (nSPS) is 11.0. The van der Waals surface area contributed by atoms with E-state index in [1.54, 1.807) is 0 Å². The smallest absolute Gasteiger partial charge is 0.314 e. The zero-order valence-electron chi connectivity index (χ0n) is 11.3. The zero-order chi connectivity index (χ0) is 15.5. The molecule has 0 unspecified atom stereocenters. The van der Waals surface area contributed by atoms with Crippen molar-refractivity contribution >= 4 is 5.95 Å². The molecule has 0 fully saturated rings. The van der Waals surface area contributed by atoms with Gasteiger partial charge in [-0.3, -0.25) is 0 Å². The van der Waals surface area contributed by atoms with Crippen molar-refractivity contribution in [2.24, 2.45) is 0 Å². The summed E-state index contributed by atoms with van der Waals surface area (Å²) in [7, 11) is 0. The summed E-state index contributed by atoms with van der Waals surface area (Å²) in [4.78, 5) is 8.01. The third kappa shape index (κ3) is 2.90. The molecule has 112 valence electrons. The lowest BCUT2D eigenvalue weighted by molar-refractivity contribution is 0.116. The van der Waals surface area contributed by atoms with Crippen LogP contribution in [0.25, 0.3) is 11.5 Å². The zero-order valence-corrected chi connectivity index (χ0v) is 11.3. The number of aromatic nitrogens is 4. The fourth-order valence-electron chi connectivity index (χ4n) is 1.97. The van der Waals surface area contributed by atoms with Crippen LogP contribution in [0.5, 0.6) is 0 Å². The third-order valence-electron chi connectivity index (χ3n) is 2.96. The molecule has 2 heterocycles. The van der Waals surface area contributed by atoms with Gasteiger partial charge in [0.05, 0.1) is 11.3 Å². The van der Waals surface area contributed by atoms with Crippen molar-refractivity contribution in [3.05, 3.63) is 53.7 Å². The molecule has 0 bridgehead atoms. The summed E-state index contributed by atoms with van der Waals surface area (Å²) in [6.45, 7) is 0. The first-order valence-electron chi connectivity index (χ1n) is 6.40. The van der Waals surface area contributed by atoms with Gasteiger partial charge in [0.15, 0.2) is 0 Å². The lowest BCUT2D eigenvalue weighted by atomic mass is 10.1. The topological polar surface area (TPSA) is 90.7 Å². The van der Waals surface area contributed by atoms with Crippen LogP contribution < -0.4 is 5.73 Å². The van der Waals surface area contributed by atoms with Crippen LogP contribution in [0.3, 0.4) is 0 Å². The second-order valence-corrected chi connectivity index (χ2v) is 4.50. The highest BCUT2D eigenvalue weighted by molar-refractivity contribution is 5.56. The number of rotatable bonds is 4. The molecule has 1 aromatic carbocycles. The van der Waals surface area contributed by atoms with Crippen LogP contribution >= 0.6 is 0 Å². The fraction of sp³-hybridized carbons (Fsp3) is 0.143. The molecule has 0 spiro atoms. The van der Waals surface area contributed by atoms with Gasteiger partial charge < -0.3 is 10.2 Å². The minimum atomic E-state index is -2.83. The lowest BCUT2D eigenvalue weighted by Crippen LogP contribution is -2.02. The summed E-state index contributed by atoms with van der Waals surface area (Å²) >= 11 is 0. The summed E-state index contributed by atoms with van der Waals surface area (Å²) < 4.78 is 30.1. The maximum Gasteiger partial charge on any atom is 0.314 e. The molecule has 2 aromatic heterocycles. The number of benzene rings is 1. The van der Waals surface area contributed by atoms with E-state index in [0.29, 0.717) is 17.7 Å². The number of nitrogen functional groups attached to an aromatic ring is 1. The van der Waals surface area contributed by atoms with Gasteiger partial charge in [-0.1, -0.05) is 30.3 Å². The van der Waals surface area contributed by atoms with Crippen molar-refractivity contribution < 1.29 is 13.2 Å². The van der Waals surface area contributed by atoms with Crippen LogP contribution in [-0.2, 0) is 6.42 Å². The predicted octanol–water partition coefficient (Wildman–Crippen LogP) is 2.64. The largest absolute Gasteiger partial charge is 0.415 e. The average molecular weight is 303 g/mol. The molecule has 8 heteroatoms. The van der Waals surface area contributed by atoms with E-state index in [9.17, 15) is 8.78 Å². The monoisotopic (exact) mass is 303 g/mol. The molecule has 0 saturated carbocycles. The van der Waals surface area contributed by atoms with Crippen molar-refractivity contribution in [2.75, 3.05) is 5.73 Å². The molecule has 0 radical (unpaired) electrons. The Balaban J connectivity index is 2.00. The second-order valence-electron chi connectivity index (χ2n) is 4.50. The minimum Gasteiger partial charge on any atom is -0.415 e. The first-order valence-corrected chi connectivity index (χ1v) is 6.40. The standard InChI is InChI=1S/C14H11F2N5O/c15-11(16)13-21-20-12(22-13)9-7-18-14(17)19-10(9)6-8-4-2-1-3-5-8/h1-5,7,11H,6H2,(H2,17,18,19). The Hall–Kier alpha value is -2.90. The Labute approximate surface area is 124 Å². The van der Waals surface area contributed by atoms with Gasteiger partial charge in [0.2, 0.25) is 5.95 Å². The molecule has 0 amide bonds. The Morgan fingerprint density at radius 3 is 2.59 bits per heavy atom. The van der Waals surface area contributed by atoms with Gasteiger partial charge in [-0.15, -0.1) is 10.2 Å². The summed E-state index contributed by atoms with van der Waals surface area (Å²) in [6.07, 6.45) is -0.993. The number of halogens is 2. The van der Waals surface area contributed by atoms with E-state index in [1.165, 1.54) is 6.20 Å². The van der Waals surface area contributed by atoms with Gasteiger partial charge in [-0.05, 0) is 5.56 Å². The Morgan fingerprint density at radius 1 is 1.14 bits per heavy atom. The maximum absolute atomic E-state index is 12.6. The molecule has 0 saturated heterocycles. The first kappa shape index (κ1) is 14.1. The fourth-order valence-corrected chi connectivity index (χ4v) is 1.97. The highest BCUT2D eigenvalue weighted by atomic mass is 19.3. The Morgan fingerprint density at radius 2 is 1.91 bits per heavy atom. The Kier molecular flexibility index (Phi) is 3.73. The molecule has 0 atom stereocenters. The molecular formula is C14H11F2N5O. The van der Waals surface area contributed by atoms with Crippen LogP contribution in [-0.4, -0.2) is 20.2 Å². The minimum absolute atomic E-state index is 0.0544. The number of anilines is 1. The van der Waals surface area contributed by atoms with Crippen molar-refractivity contribution in [2.45, 2.75) is 12.8 Å². The number of hydrogen-bond donors (Lipinski definition) is 1. The summed E-state index contributed by atoms with van der Waals surface area (Å²) in [5.41, 5.74) is 7.50. The van der Waals surface area contributed by atoms with E-state index in [-0.39, 0.29) is 11.8 Å². The van der Waals surface area contributed by atoms with E-state index in [0.717, 1.165) is 5.56 Å². The Bertz CT molecular complexity index is 776. The number of hydrogen-bond acceptors (Lipinski definition) is 6. The van der Waals surface area contributed by atoms with Crippen LogP contribution in [0, 0.1) is 0 Å². The van der Waals surface area contributed by atoms with Gasteiger partial charge in [0.25, 0.3) is 11.8 Å². The molecule has 0 aliphatic carbocycles. The molecular weight excluding hydrogens is 292 g/mol. The van der Waals surface area contributed by atoms with Gasteiger partial charge in [0, 0.05) is 12.6 Å². The molecule has 0 aliphatic heterocycles. The van der Waals surface area contributed by atoms with Gasteiger partial charge in [-0.25, -0.2) is 9.97 Å². The highest BCUT2D eigenvalue weighted by Crippen LogP contribution is 2.26. The third-order valence-corrected chi connectivity index (χ3v) is 2.96. The summed E-state index contributed by atoms with van der Waals surface area (Å²) in [6, 6.07) is 9.51. The second kappa shape index (κ2) is 5.84. The van der Waals surface area contributed by atoms with Crippen molar-refractivity contribution in [1.29, 1.82) is 0 Å². The number of nitrogens with two attached hydrogens (primary N) is 1. The van der Waals surface area contributed by atoms with E-state index in [1.807, 2.05) is 30.3 Å². The average Bonchev–Trinajstić information content (AvgIpc) is 2.98. The van der Waals surface area contributed by atoms with Crippen LogP contribution in [0.1, 0.15) is 23.6 Å². The lowest BCUT2D eigenvalue weighted by Gasteiger charge is -2.06. The molecule has 6 nitrogen and oxygen atoms in total. The van der Waals surface area contributed by atoms with Gasteiger partial charge in [0.1, 0.15) is 0 Å². The molecule has 22 heavy (non-hydrogen) atoms. The van der Waals surface area contributed by atoms with Crippen molar-refractivity contribution in [1.82, 2.24) is 20.2 Å². The first-order chi connectivity index (χ1) is 10.6.